The van der Waals surface area contributed by atoms with E-state index in [1.807, 2.05) is 6.92 Å². The van der Waals surface area contributed by atoms with Crippen molar-refractivity contribution in [2.45, 2.75) is 77.4 Å². The topological polar surface area (TPSA) is 49.3 Å². The molecule has 1 fully saturated rings. The molecule has 0 saturated heterocycles. The monoisotopic (exact) mass is 241 g/mol. The Morgan fingerprint density at radius 1 is 1.24 bits per heavy atom. The standard InChI is InChI=1S/C14H27NO2/c1-11(2)6-7-12(3)15-13(16)10-14(17)8-4-5-9-14/h11-12,17H,4-10H2,1-3H3,(H,15,16). The molecule has 0 aromatic heterocycles. The van der Waals surface area contributed by atoms with Crippen molar-refractivity contribution in [3.8, 4) is 0 Å². The molecule has 100 valence electrons. The van der Waals surface area contributed by atoms with Crippen LogP contribution in [0, 0.1) is 5.92 Å². The van der Waals surface area contributed by atoms with E-state index in [1.165, 1.54) is 0 Å². The van der Waals surface area contributed by atoms with E-state index in [0.29, 0.717) is 5.92 Å². The Labute approximate surface area is 105 Å². The molecule has 0 bridgehead atoms. The molecule has 2 N–H and O–H groups in total. The summed E-state index contributed by atoms with van der Waals surface area (Å²) in [5.41, 5.74) is -0.720. The molecule has 1 saturated carbocycles. The lowest BCUT2D eigenvalue weighted by molar-refractivity contribution is -0.126. The number of rotatable bonds is 6. The highest BCUT2D eigenvalue weighted by Crippen LogP contribution is 2.32. The first-order chi connectivity index (χ1) is 7.91. The van der Waals surface area contributed by atoms with Gasteiger partial charge in [0.1, 0.15) is 0 Å². The summed E-state index contributed by atoms with van der Waals surface area (Å²) >= 11 is 0. The zero-order valence-corrected chi connectivity index (χ0v) is 11.5. The van der Waals surface area contributed by atoms with E-state index < -0.39 is 5.60 Å². The largest absolute Gasteiger partial charge is 0.389 e. The van der Waals surface area contributed by atoms with Crippen LogP contribution in [0.25, 0.3) is 0 Å². The Morgan fingerprint density at radius 3 is 2.35 bits per heavy atom. The average molecular weight is 241 g/mol. The van der Waals surface area contributed by atoms with Crippen molar-refractivity contribution in [3.63, 3.8) is 0 Å². The van der Waals surface area contributed by atoms with Crippen molar-refractivity contribution in [2.75, 3.05) is 0 Å². The van der Waals surface area contributed by atoms with Crippen LogP contribution in [0.15, 0.2) is 0 Å². The predicted molar refractivity (Wildman–Crippen MR) is 69.7 cm³/mol. The van der Waals surface area contributed by atoms with Gasteiger partial charge in [-0.05, 0) is 38.5 Å². The fraction of sp³-hybridized carbons (Fsp3) is 0.929. The van der Waals surface area contributed by atoms with Gasteiger partial charge >= 0.3 is 0 Å². The minimum Gasteiger partial charge on any atom is -0.389 e. The lowest BCUT2D eigenvalue weighted by Crippen LogP contribution is -2.38. The number of aliphatic hydroxyl groups is 1. The highest BCUT2D eigenvalue weighted by molar-refractivity contribution is 5.77. The van der Waals surface area contributed by atoms with E-state index in [0.717, 1.165) is 38.5 Å². The lowest BCUT2D eigenvalue weighted by atomic mass is 9.97. The summed E-state index contributed by atoms with van der Waals surface area (Å²) < 4.78 is 0. The normalized spacial score (nSPS) is 20.5. The van der Waals surface area contributed by atoms with E-state index in [4.69, 9.17) is 0 Å². The maximum absolute atomic E-state index is 11.8. The van der Waals surface area contributed by atoms with Crippen LogP contribution in [0.1, 0.15) is 65.7 Å². The second-order valence-corrected chi connectivity index (χ2v) is 6.05. The number of carbonyl (C=O) groups is 1. The zero-order chi connectivity index (χ0) is 12.9. The second-order valence-electron chi connectivity index (χ2n) is 6.05. The Hall–Kier alpha value is -0.570. The van der Waals surface area contributed by atoms with E-state index >= 15 is 0 Å². The molecule has 0 heterocycles. The molecule has 0 radical (unpaired) electrons. The van der Waals surface area contributed by atoms with Gasteiger partial charge in [0.15, 0.2) is 0 Å². The van der Waals surface area contributed by atoms with Gasteiger partial charge in [-0.2, -0.15) is 0 Å². The minimum absolute atomic E-state index is 0.00524. The molecule has 1 amide bonds. The molecule has 0 aliphatic heterocycles. The van der Waals surface area contributed by atoms with Crippen LogP contribution in [0.4, 0.5) is 0 Å². The highest BCUT2D eigenvalue weighted by Gasteiger charge is 2.33. The van der Waals surface area contributed by atoms with Gasteiger partial charge in [0.2, 0.25) is 5.91 Å². The van der Waals surface area contributed by atoms with Gasteiger partial charge in [-0.25, -0.2) is 0 Å². The molecule has 0 aromatic rings. The van der Waals surface area contributed by atoms with Crippen molar-refractivity contribution in [1.29, 1.82) is 0 Å². The van der Waals surface area contributed by atoms with Gasteiger partial charge in [0, 0.05) is 6.04 Å². The van der Waals surface area contributed by atoms with Crippen LogP contribution >= 0.6 is 0 Å². The summed E-state index contributed by atoms with van der Waals surface area (Å²) in [7, 11) is 0. The SMILES string of the molecule is CC(C)CCC(C)NC(=O)CC1(O)CCCC1. The summed E-state index contributed by atoms with van der Waals surface area (Å²) in [5, 5.41) is 13.1. The van der Waals surface area contributed by atoms with E-state index in [-0.39, 0.29) is 18.4 Å². The molecule has 1 atom stereocenters. The van der Waals surface area contributed by atoms with Gasteiger partial charge in [-0.3, -0.25) is 4.79 Å². The van der Waals surface area contributed by atoms with E-state index in [2.05, 4.69) is 19.2 Å². The Balaban J connectivity index is 2.24. The van der Waals surface area contributed by atoms with Crippen LogP contribution < -0.4 is 5.32 Å². The first-order valence-corrected chi connectivity index (χ1v) is 6.93. The third-order valence-electron chi connectivity index (χ3n) is 3.61. The number of nitrogens with one attached hydrogen (secondary N) is 1. The van der Waals surface area contributed by atoms with Crippen molar-refractivity contribution < 1.29 is 9.90 Å². The molecule has 3 heteroatoms. The van der Waals surface area contributed by atoms with Crippen LogP contribution in [0.2, 0.25) is 0 Å². The molecule has 0 aromatic carbocycles. The average Bonchev–Trinajstić information content (AvgIpc) is 2.61. The molecule has 0 spiro atoms. The van der Waals surface area contributed by atoms with Crippen molar-refractivity contribution >= 4 is 5.91 Å². The van der Waals surface area contributed by atoms with Crippen LogP contribution in [-0.4, -0.2) is 22.7 Å². The van der Waals surface area contributed by atoms with Gasteiger partial charge < -0.3 is 10.4 Å². The molecule has 17 heavy (non-hydrogen) atoms. The molecule has 1 unspecified atom stereocenters. The summed E-state index contributed by atoms with van der Waals surface area (Å²) in [5.74, 6) is 0.680. The van der Waals surface area contributed by atoms with Gasteiger partial charge in [0.05, 0.1) is 12.0 Å². The van der Waals surface area contributed by atoms with Crippen molar-refractivity contribution in [3.05, 3.63) is 0 Å². The quantitative estimate of drug-likeness (QED) is 0.751. The molecular weight excluding hydrogens is 214 g/mol. The highest BCUT2D eigenvalue weighted by atomic mass is 16.3. The maximum Gasteiger partial charge on any atom is 0.223 e. The number of hydrogen-bond donors (Lipinski definition) is 2. The van der Waals surface area contributed by atoms with Gasteiger partial charge in [-0.15, -0.1) is 0 Å². The van der Waals surface area contributed by atoms with Crippen LogP contribution in [0.3, 0.4) is 0 Å². The molecule has 3 nitrogen and oxygen atoms in total. The molecular formula is C14H27NO2. The lowest BCUT2D eigenvalue weighted by Gasteiger charge is -2.23. The fourth-order valence-corrected chi connectivity index (χ4v) is 2.49. The third-order valence-corrected chi connectivity index (χ3v) is 3.61. The smallest absolute Gasteiger partial charge is 0.223 e. The van der Waals surface area contributed by atoms with Gasteiger partial charge in [0.25, 0.3) is 0 Å². The Kier molecular flexibility index (Phi) is 5.44. The van der Waals surface area contributed by atoms with E-state index in [1.54, 1.807) is 0 Å². The Morgan fingerprint density at radius 2 is 1.82 bits per heavy atom. The van der Waals surface area contributed by atoms with E-state index in [9.17, 15) is 9.90 Å². The Bertz CT molecular complexity index is 245. The first-order valence-electron chi connectivity index (χ1n) is 6.93. The number of hydrogen-bond acceptors (Lipinski definition) is 2. The minimum atomic E-state index is -0.720. The molecule has 1 aliphatic carbocycles. The van der Waals surface area contributed by atoms with Crippen molar-refractivity contribution in [2.24, 2.45) is 5.92 Å². The summed E-state index contributed by atoms with van der Waals surface area (Å²) in [6.45, 7) is 6.42. The first kappa shape index (κ1) is 14.5. The summed E-state index contributed by atoms with van der Waals surface area (Å²) in [6.07, 6.45) is 6.08. The zero-order valence-electron chi connectivity index (χ0n) is 11.5. The number of carbonyl (C=O) groups excluding carboxylic acids is 1. The summed E-state index contributed by atoms with van der Waals surface area (Å²) in [4.78, 5) is 11.8. The molecule has 1 rings (SSSR count). The maximum atomic E-state index is 11.8. The van der Waals surface area contributed by atoms with Crippen molar-refractivity contribution in [1.82, 2.24) is 5.32 Å². The van der Waals surface area contributed by atoms with Crippen LogP contribution in [-0.2, 0) is 4.79 Å². The van der Waals surface area contributed by atoms with Gasteiger partial charge in [-0.1, -0.05) is 26.7 Å². The third kappa shape index (κ3) is 5.53. The predicted octanol–water partition coefficient (Wildman–Crippen LogP) is 2.62. The second kappa shape index (κ2) is 6.39. The summed E-state index contributed by atoms with van der Waals surface area (Å²) in [6, 6.07) is 0.218. The number of amides is 1. The molecule has 1 aliphatic rings. The van der Waals surface area contributed by atoms with Crippen LogP contribution in [0.5, 0.6) is 0 Å². The fourth-order valence-electron chi connectivity index (χ4n) is 2.49.